The summed E-state index contributed by atoms with van der Waals surface area (Å²) in [6.45, 7) is 11.5. The van der Waals surface area contributed by atoms with Crippen molar-refractivity contribution in [2.24, 2.45) is 0 Å². The van der Waals surface area contributed by atoms with Crippen LogP contribution in [-0.4, -0.2) is 5.92 Å². The number of benzene rings is 4. The zero-order valence-corrected chi connectivity index (χ0v) is 28.0. The number of aryl methyl sites for hydroxylation is 2. The van der Waals surface area contributed by atoms with Crippen LogP contribution in [0.15, 0.2) is 90.5 Å². The molecule has 0 saturated heterocycles. The Morgan fingerprint density at radius 2 is 1.21 bits per heavy atom. The van der Waals surface area contributed by atoms with Crippen LogP contribution >= 0.6 is 17.0 Å². The normalized spacial score (nSPS) is 17.5. The molecule has 0 heterocycles. The minimum absolute atomic E-state index is 0.106. The van der Waals surface area contributed by atoms with Crippen molar-refractivity contribution in [2.75, 3.05) is 0 Å². The number of fused-ring (bicyclic) bond motifs is 4. The summed E-state index contributed by atoms with van der Waals surface area (Å²) in [4.78, 5) is 0. The summed E-state index contributed by atoms with van der Waals surface area (Å²) in [5, 5.41) is 0. The molecule has 4 aromatic rings. The van der Waals surface area contributed by atoms with Crippen molar-refractivity contribution in [1.29, 1.82) is 0 Å². The van der Waals surface area contributed by atoms with E-state index in [1.807, 2.05) is 0 Å². The molecule has 4 heteroatoms. The first kappa shape index (κ1) is 26.5. The van der Waals surface area contributed by atoms with Crippen molar-refractivity contribution < 1.29 is 15.6 Å². The Bertz CT molecular complexity index is 1550. The molecular formula is C34H35Cl2SiZr. The van der Waals surface area contributed by atoms with E-state index >= 15 is 0 Å². The summed E-state index contributed by atoms with van der Waals surface area (Å²) in [5.41, 5.74) is 14.6. The van der Waals surface area contributed by atoms with Crippen LogP contribution in [0.5, 0.6) is 0 Å². The van der Waals surface area contributed by atoms with Gasteiger partial charge in [0.05, 0.1) is 0 Å². The summed E-state index contributed by atoms with van der Waals surface area (Å²) in [6.07, 6.45) is 3.42. The van der Waals surface area contributed by atoms with Gasteiger partial charge < -0.3 is 0 Å². The Hall–Kier alpha value is -1.70. The van der Waals surface area contributed by atoms with Crippen molar-refractivity contribution in [3.8, 4) is 22.3 Å². The molecule has 193 valence electrons. The zero-order chi connectivity index (χ0) is 26.8. The van der Waals surface area contributed by atoms with Crippen LogP contribution < -0.4 is 0 Å². The number of allylic oxidation sites excluding steroid dienone is 1. The molecule has 0 fully saturated rings. The van der Waals surface area contributed by atoms with Gasteiger partial charge in [0.25, 0.3) is 0 Å². The summed E-state index contributed by atoms with van der Waals surface area (Å²) in [7, 11) is 16.9. The fraction of sp³-hybridized carbons (Fsp3) is 0.235. The molecule has 38 heavy (non-hydrogen) atoms. The Balaban J connectivity index is 1.63. The van der Waals surface area contributed by atoms with Crippen molar-refractivity contribution >= 4 is 29.0 Å². The van der Waals surface area contributed by atoms with Crippen molar-refractivity contribution in [3.63, 3.8) is 0 Å². The Labute approximate surface area is 236 Å². The Kier molecular flexibility index (Phi) is 6.59. The molecule has 0 radical (unpaired) electrons. The standard InChI is InChI=1S/C19H19.C13H9.C2H7Si.2ClH.Zr/c1-4-15-11-16-6-5-7-18(19(16)12-15)17-9-13(2)8-14(3)10-17;1-3-7-12-10(5-1)9-11-6-2-4-8-13(11)12;1-3-2;;;/h5-12H,4H2,1-3H3;1-9H;3H,1-2H3;2*1H;/q;;;;;+2/p-2. The molecule has 0 spiro atoms. The average Bonchev–Trinajstić information content (AvgIpc) is 3.45. The summed E-state index contributed by atoms with van der Waals surface area (Å²) >= 11 is -4.69. The van der Waals surface area contributed by atoms with Crippen LogP contribution in [0.1, 0.15) is 54.0 Å². The summed E-state index contributed by atoms with van der Waals surface area (Å²) < 4.78 is 0.233. The van der Waals surface area contributed by atoms with Gasteiger partial charge in [0.15, 0.2) is 0 Å². The number of hydrogen-bond donors (Lipinski definition) is 0. The van der Waals surface area contributed by atoms with Gasteiger partial charge in [-0.05, 0) is 0 Å². The van der Waals surface area contributed by atoms with Crippen LogP contribution in [-0.2, 0) is 15.6 Å². The Morgan fingerprint density at radius 1 is 0.684 bits per heavy atom. The first-order valence-corrected chi connectivity index (χ1v) is 30.1. The van der Waals surface area contributed by atoms with E-state index in [1.165, 1.54) is 61.2 Å². The molecule has 0 nitrogen and oxygen atoms in total. The molecule has 0 amide bonds. The van der Waals surface area contributed by atoms with E-state index in [-0.39, 0.29) is 7.25 Å². The molecular weight excluding hydrogens is 599 g/mol. The fourth-order valence-electron chi connectivity index (χ4n) is 7.39. The first-order chi connectivity index (χ1) is 18.1. The maximum atomic E-state index is 8.44. The molecule has 6 rings (SSSR count). The molecule has 0 bridgehead atoms. The number of hydrogen-bond acceptors (Lipinski definition) is 0. The van der Waals surface area contributed by atoms with E-state index in [4.69, 9.17) is 17.0 Å². The molecule has 0 N–H and O–H groups in total. The van der Waals surface area contributed by atoms with Crippen LogP contribution in [0.25, 0.3) is 28.3 Å². The van der Waals surface area contributed by atoms with Gasteiger partial charge in [0.1, 0.15) is 0 Å². The molecule has 0 aliphatic heterocycles. The van der Waals surface area contributed by atoms with E-state index in [9.17, 15) is 0 Å². The molecule has 4 aromatic carbocycles. The fourth-order valence-corrected chi connectivity index (χ4v) is 38.3. The molecule has 2 aliphatic rings. The second-order valence-electron chi connectivity index (χ2n) is 11.7. The van der Waals surface area contributed by atoms with Gasteiger partial charge in [-0.15, -0.1) is 0 Å². The van der Waals surface area contributed by atoms with E-state index < -0.39 is 21.5 Å². The third kappa shape index (κ3) is 3.78. The monoisotopic (exact) mass is 631 g/mol. The predicted molar refractivity (Wildman–Crippen MR) is 167 cm³/mol. The third-order valence-corrected chi connectivity index (χ3v) is 60.8. The predicted octanol–water partition coefficient (Wildman–Crippen LogP) is 10.6. The van der Waals surface area contributed by atoms with Gasteiger partial charge in [-0.1, -0.05) is 0 Å². The molecule has 1 atom stereocenters. The van der Waals surface area contributed by atoms with Gasteiger partial charge in [-0.3, -0.25) is 0 Å². The first-order valence-electron chi connectivity index (χ1n) is 13.8. The summed E-state index contributed by atoms with van der Waals surface area (Å²) in [5.74, 6) is -1.56. The van der Waals surface area contributed by atoms with E-state index in [0.717, 1.165) is 6.42 Å². The van der Waals surface area contributed by atoms with Gasteiger partial charge in [-0.25, -0.2) is 0 Å². The van der Waals surface area contributed by atoms with Gasteiger partial charge >= 0.3 is 238 Å². The molecule has 2 aliphatic carbocycles. The quantitative estimate of drug-likeness (QED) is 0.192. The Morgan fingerprint density at radius 3 is 1.76 bits per heavy atom. The van der Waals surface area contributed by atoms with Crippen molar-refractivity contribution in [2.45, 2.75) is 47.5 Å². The number of halogens is 2. The number of rotatable bonds is 5. The van der Waals surface area contributed by atoms with Crippen LogP contribution in [0.2, 0.25) is 13.1 Å². The van der Waals surface area contributed by atoms with Gasteiger partial charge in [0.2, 0.25) is 0 Å². The van der Waals surface area contributed by atoms with Gasteiger partial charge in [-0.2, -0.15) is 0 Å². The zero-order valence-electron chi connectivity index (χ0n) is 22.9. The second-order valence-corrected chi connectivity index (χ2v) is 54.2. The van der Waals surface area contributed by atoms with Crippen LogP contribution in [0.3, 0.4) is 0 Å². The van der Waals surface area contributed by atoms with E-state index in [2.05, 4.69) is 125 Å². The topological polar surface area (TPSA) is 0 Å². The second kappa shape index (κ2) is 9.45. The van der Waals surface area contributed by atoms with Crippen molar-refractivity contribution in [3.05, 3.63) is 124 Å². The van der Waals surface area contributed by atoms with E-state index in [1.54, 1.807) is 0 Å². The molecule has 0 saturated carbocycles. The summed E-state index contributed by atoms with van der Waals surface area (Å²) in [6, 6.07) is 31.4. The van der Waals surface area contributed by atoms with Crippen LogP contribution in [0.4, 0.5) is 0 Å². The van der Waals surface area contributed by atoms with Gasteiger partial charge in [0, 0.05) is 0 Å². The maximum absolute atomic E-state index is 8.44. The van der Waals surface area contributed by atoms with Crippen LogP contribution in [0, 0.1) is 13.8 Å². The third-order valence-electron chi connectivity index (χ3n) is 9.13. The molecule has 0 aromatic heterocycles. The SMILES string of the molecule is CCC1=Cc2c(-c3cc(C)cc(C)c3)cccc2[CH]1[Zr]([Cl])([Cl])([CH]1c2ccccc2-c2ccccc21)[SiH](C)C. The minimum atomic E-state index is -4.69. The molecule has 1 unspecified atom stereocenters. The van der Waals surface area contributed by atoms with E-state index in [0.29, 0.717) is 0 Å². The average molecular weight is 634 g/mol. The van der Waals surface area contributed by atoms with Crippen molar-refractivity contribution in [1.82, 2.24) is 0 Å².